The number of ether oxygens (including phenoxy) is 2. The minimum atomic E-state index is 0.455. The summed E-state index contributed by atoms with van der Waals surface area (Å²) in [7, 11) is 0. The Hall–Kier alpha value is -1.81. The van der Waals surface area contributed by atoms with Crippen LogP contribution in [-0.4, -0.2) is 23.2 Å². The normalized spacial score (nSPS) is 13.4. The van der Waals surface area contributed by atoms with Crippen LogP contribution >= 0.6 is 11.6 Å². The predicted octanol–water partition coefficient (Wildman–Crippen LogP) is 3.13. The summed E-state index contributed by atoms with van der Waals surface area (Å²) >= 11 is 6.02. The summed E-state index contributed by atoms with van der Waals surface area (Å²) < 4.78 is 11.1. The highest BCUT2D eigenvalue weighted by atomic mass is 35.5. The second-order valence-electron chi connectivity index (χ2n) is 4.20. The van der Waals surface area contributed by atoms with Crippen LogP contribution in [0.5, 0.6) is 11.5 Å². The minimum Gasteiger partial charge on any atom is -0.486 e. The van der Waals surface area contributed by atoms with Crippen molar-refractivity contribution in [1.82, 2.24) is 9.97 Å². The molecule has 2 aromatic rings. The topological polar surface area (TPSA) is 44.2 Å². The lowest BCUT2D eigenvalue weighted by Crippen LogP contribution is -2.15. The lowest BCUT2D eigenvalue weighted by molar-refractivity contribution is 0.171. The van der Waals surface area contributed by atoms with Crippen LogP contribution in [0.2, 0.25) is 5.15 Å². The van der Waals surface area contributed by atoms with Crippen molar-refractivity contribution in [3.8, 4) is 22.8 Å². The number of aromatic nitrogens is 2. The number of benzene rings is 1. The SMILES string of the molecule is CCc1nc(Cl)cc(-c2ccc3c(c2)OCCO3)n1. The van der Waals surface area contributed by atoms with Crippen LogP contribution in [-0.2, 0) is 6.42 Å². The average Bonchev–Trinajstić information content (AvgIpc) is 2.46. The zero-order valence-electron chi connectivity index (χ0n) is 10.5. The molecule has 1 aliphatic heterocycles. The summed E-state index contributed by atoms with van der Waals surface area (Å²) in [4.78, 5) is 8.64. The van der Waals surface area contributed by atoms with Gasteiger partial charge in [0.15, 0.2) is 11.5 Å². The van der Waals surface area contributed by atoms with Gasteiger partial charge in [-0.15, -0.1) is 0 Å². The van der Waals surface area contributed by atoms with Gasteiger partial charge in [-0.2, -0.15) is 0 Å². The number of aryl methyl sites for hydroxylation is 1. The Bertz CT molecular complexity index is 616. The maximum atomic E-state index is 6.02. The van der Waals surface area contributed by atoms with Gasteiger partial charge in [0, 0.05) is 18.1 Å². The van der Waals surface area contributed by atoms with Crippen molar-refractivity contribution in [2.24, 2.45) is 0 Å². The van der Waals surface area contributed by atoms with Crippen LogP contribution in [0.3, 0.4) is 0 Å². The summed E-state index contributed by atoms with van der Waals surface area (Å²) in [5.41, 5.74) is 1.75. The first kappa shape index (κ1) is 12.2. The minimum absolute atomic E-state index is 0.455. The molecule has 1 aromatic heterocycles. The molecule has 2 heterocycles. The largest absolute Gasteiger partial charge is 0.486 e. The fourth-order valence-electron chi connectivity index (χ4n) is 1.97. The fraction of sp³-hybridized carbons (Fsp3) is 0.286. The molecule has 0 saturated heterocycles. The lowest BCUT2D eigenvalue weighted by atomic mass is 10.1. The zero-order valence-corrected chi connectivity index (χ0v) is 11.3. The summed E-state index contributed by atoms with van der Waals surface area (Å²) in [5, 5.41) is 0.455. The molecule has 0 bridgehead atoms. The molecule has 0 aliphatic carbocycles. The van der Waals surface area contributed by atoms with E-state index in [1.54, 1.807) is 6.07 Å². The highest BCUT2D eigenvalue weighted by molar-refractivity contribution is 6.29. The number of rotatable bonds is 2. The van der Waals surface area contributed by atoms with Gasteiger partial charge in [-0.1, -0.05) is 18.5 Å². The van der Waals surface area contributed by atoms with Gasteiger partial charge in [0.05, 0.1) is 5.69 Å². The maximum absolute atomic E-state index is 6.02. The third kappa shape index (κ3) is 2.49. The van der Waals surface area contributed by atoms with Crippen LogP contribution in [0.1, 0.15) is 12.7 Å². The summed E-state index contributed by atoms with van der Waals surface area (Å²) in [6.07, 6.45) is 0.748. The Kier molecular flexibility index (Phi) is 3.25. The van der Waals surface area contributed by atoms with E-state index in [2.05, 4.69) is 9.97 Å². The van der Waals surface area contributed by atoms with Crippen LogP contribution in [0.15, 0.2) is 24.3 Å². The molecule has 0 fully saturated rings. The molecule has 1 aromatic carbocycles. The van der Waals surface area contributed by atoms with E-state index in [9.17, 15) is 0 Å². The summed E-state index contributed by atoms with van der Waals surface area (Å²) in [6.45, 7) is 3.16. The number of fused-ring (bicyclic) bond motifs is 1. The highest BCUT2D eigenvalue weighted by Crippen LogP contribution is 2.34. The first-order chi connectivity index (χ1) is 9.26. The van der Waals surface area contributed by atoms with Crippen molar-refractivity contribution in [1.29, 1.82) is 0 Å². The highest BCUT2D eigenvalue weighted by Gasteiger charge is 2.13. The van der Waals surface area contributed by atoms with Gasteiger partial charge < -0.3 is 9.47 Å². The van der Waals surface area contributed by atoms with Gasteiger partial charge in [-0.05, 0) is 18.2 Å². The summed E-state index contributed by atoms with van der Waals surface area (Å²) in [6, 6.07) is 7.52. The van der Waals surface area contributed by atoms with Gasteiger partial charge in [0.2, 0.25) is 0 Å². The fourth-order valence-corrected chi connectivity index (χ4v) is 2.17. The smallest absolute Gasteiger partial charge is 0.162 e. The molecule has 0 spiro atoms. The molecule has 1 aliphatic rings. The molecular weight excluding hydrogens is 264 g/mol. The first-order valence-electron chi connectivity index (χ1n) is 6.20. The second-order valence-corrected chi connectivity index (χ2v) is 4.59. The van der Waals surface area contributed by atoms with Gasteiger partial charge >= 0.3 is 0 Å². The van der Waals surface area contributed by atoms with Crippen LogP contribution < -0.4 is 9.47 Å². The van der Waals surface area contributed by atoms with Crippen LogP contribution in [0.25, 0.3) is 11.3 Å². The van der Waals surface area contributed by atoms with E-state index in [0.717, 1.165) is 35.0 Å². The van der Waals surface area contributed by atoms with Crippen molar-refractivity contribution in [2.75, 3.05) is 13.2 Å². The molecule has 5 heteroatoms. The van der Waals surface area contributed by atoms with Crippen LogP contribution in [0.4, 0.5) is 0 Å². The molecular formula is C14H13ClN2O2. The number of hydrogen-bond donors (Lipinski definition) is 0. The standard InChI is InChI=1S/C14H13ClN2O2/c1-2-14-16-10(8-13(15)17-14)9-3-4-11-12(7-9)19-6-5-18-11/h3-4,7-8H,2,5-6H2,1H3. The number of hydrogen-bond acceptors (Lipinski definition) is 4. The Morgan fingerprint density at radius 2 is 1.89 bits per heavy atom. The van der Waals surface area contributed by atoms with E-state index < -0.39 is 0 Å². The van der Waals surface area contributed by atoms with E-state index >= 15 is 0 Å². The quantitative estimate of drug-likeness (QED) is 0.791. The molecule has 98 valence electrons. The molecule has 0 amide bonds. The van der Waals surface area contributed by atoms with Crippen molar-refractivity contribution in [3.63, 3.8) is 0 Å². The maximum Gasteiger partial charge on any atom is 0.162 e. The molecule has 0 saturated carbocycles. The predicted molar refractivity (Wildman–Crippen MR) is 72.8 cm³/mol. The van der Waals surface area contributed by atoms with E-state index in [1.807, 2.05) is 25.1 Å². The molecule has 0 unspecified atom stereocenters. The van der Waals surface area contributed by atoms with Crippen molar-refractivity contribution in [2.45, 2.75) is 13.3 Å². The van der Waals surface area contributed by atoms with E-state index in [-0.39, 0.29) is 0 Å². The lowest BCUT2D eigenvalue weighted by Gasteiger charge is -2.18. The zero-order chi connectivity index (χ0) is 13.2. The second kappa shape index (κ2) is 5.05. The van der Waals surface area contributed by atoms with E-state index in [4.69, 9.17) is 21.1 Å². The molecule has 4 nitrogen and oxygen atoms in total. The Labute approximate surface area is 116 Å². The van der Waals surface area contributed by atoms with E-state index in [0.29, 0.717) is 18.4 Å². The van der Waals surface area contributed by atoms with Gasteiger partial charge in [0.1, 0.15) is 24.2 Å². The first-order valence-corrected chi connectivity index (χ1v) is 6.57. The van der Waals surface area contributed by atoms with Gasteiger partial charge in [0.25, 0.3) is 0 Å². The molecule has 0 radical (unpaired) electrons. The monoisotopic (exact) mass is 276 g/mol. The molecule has 3 rings (SSSR count). The molecule has 19 heavy (non-hydrogen) atoms. The number of nitrogens with zero attached hydrogens (tertiary/aromatic N) is 2. The average molecular weight is 277 g/mol. The molecule has 0 atom stereocenters. The van der Waals surface area contributed by atoms with E-state index in [1.165, 1.54) is 0 Å². The van der Waals surface area contributed by atoms with Gasteiger partial charge in [-0.25, -0.2) is 9.97 Å². The third-order valence-electron chi connectivity index (χ3n) is 2.90. The summed E-state index contributed by atoms with van der Waals surface area (Å²) in [5.74, 6) is 2.25. The van der Waals surface area contributed by atoms with Crippen molar-refractivity contribution < 1.29 is 9.47 Å². The van der Waals surface area contributed by atoms with Gasteiger partial charge in [-0.3, -0.25) is 0 Å². The number of halogens is 1. The molecule has 0 N–H and O–H groups in total. The Morgan fingerprint density at radius 3 is 2.68 bits per heavy atom. The van der Waals surface area contributed by atoms with Crippen LogP contribution in [0, 0.1) is 0 Å². The third-order valence-corrected chi connectivity index (χ3v) is 3.09. The van der Waals surface area contributed by atoms with Crippen molar-refractivity contribution in [3.05, 3.63) is 35.2 Å². The Balaban J connectivity index is 2.04. The Morgan fingerprint density at radius 1 is 1.11 bits per heavy atom. The van der Waals surface area contributed by atoms with Crippen molar-refractivity contribution >= 4 is 11.6 Å².